The van der Waals surface area contributed by atoms with Crippen LogP contribution in [0.5, 0.6) is 0 Å². The van der Waals surface area contributed by atoms with Crippen molar-refractivity contribution in [3.05, 3.63) is 71.0 Å². The molecule has 0 aliphatic heterocycles. The highest BCUT2D eigenvalue weighted by Gasteiger charge is 2.18. The summed E-state index contributed by atoms with van der Waals surface area (Å²) in [6, 6.07) is 12.5. The van der Waals surface area contributed by atoms with Crippen LogP contribution in [0.15, 0.2) is 42.5 Å². The van der Waals surface area contributed by atoms with Crippen molar-refractivity contribution in [2.24, 2.45) is 0 Å². The molecule has 3 rings (SSSR count). The van der Waals surface area contributed by atoms with Crippen molar-refractivity contribution in [1.29, 1.82) is 0 Å². The Morgan fingerprint density at radius 3 is 2.15 bits per heavy atom. The van der Waals surface area contributed by atoms with Crippen LogP contribution in [0.2, 0.25) is 0 Å². The predicted molar refractivity (Wildman–Crippen MR) is 102 cm³/mol. The second-order valence-corrected chi connectivity index (χ2v) is 6.70. The summed E-state index contributed by atoms with van der Waals surface area (Å²) in [6.45, 7) is 3.91. The maximum Gasteiger partial charge on any atom is 0.169 e. The summed E-state index contributed by atoms with van der Waals surface area (Å²) in [4.78, 5) is 0. The van der Waals surface area contributed by atoms with Gasteiger partial charge < -0.3 is 0 Å². The topological polar surface area (TPSA) is 0 Å². The highest BCUT2D eigenvalue weighted by Crippen LogP contribution is 2.33. The molecular formula is C23H23F3. The van der Waals surface area contributed by atoms with Crippen molar-refractivity contribution in [2.75, 3.05) is 0 Å². The Morgan fingerprint density at radius 2 is 1.50 bits per heavy atom. The molecule has 26 heavy (non-hydrogen) atoms. The van der Waals surface area contributed by atoms with Gasteiger partial charge in [0, 0.05) is 5.56 Å². The van der Waals surface area contributed by atoms with Crippen LogP contribution in [0.25, 0.3) is 21.9 Å². The fourth-order valence-corrected chi connectivity index (χ4v) is 3.35. The number of rotatable bonds is 6. The van der Waals surface area contributed by atoms with Gasteiger partial charge in [-0.2, -0.15) is 0 Å². The molecule has 3 aromatic carbocycles. The Labute approximate surface area is 152 Å². The molecule has 0 fully saturated rings. The lowest BCUT2D eigenvalue weighted by Gasteiger charge is -2.11. The fourth-order valence-electron chi connectivity index (χ4n) is 3.35. The molecule has 0 bridgehead atoms. The Morgan fingerprint density at radius 1 is 0.769 bits per heavy atom. The van der Waals surface area contributed by atoms with Crippen LogP contribution >= 0.6 is 0 Å². The molecule has 0 aromatic heterocycles. The summed E-state index contributed by atoms with van der Waals surface area (Å²) >= 11 is 0. The molecule has 0 saturated carbocycles. The molecule has 0 heterocycles. The SMILES string of the molecule is CCCCCc1ccc(-c2ccc3cc(CC)c(F)c(F)c3c2F)cc1. The molecule has 3 heteroatoms. The van der Waals surface area contributed by atoms with E-state index < -0.39 is 17.5 Å². The zero-order chi connectivity index (χ0) is 18.7. The van der Waals surface area contributed by atoms with Crippen molar-refractivity contribution < 1.29 is 13.2 Å². The number of fused-ring (bicyclic) bond motifs is 1. The average molecular weight is 356 g/mol. The Balaban J connectivity index is 2.01. The largest absolute Gasteiger partial charge is 0.206 e. The number of hydrogen-bond acceptors (Lipinski definition) is 0. The smallest absolute Gasteiger partial charge is 0.169 e. The van der Waals surface area contributed by atoms with E-state index >= 15 is 0 Å². The lowest BCUT2D eigenvalue weighted by molar-refractivity contribution is 0.503. The van der Waals surface area contributed by atoms with Gasteiger partial charge in [-0.05, 0) is 47.4 Å². The third kappa shape index (κ3) is 3.48. The van der Waals surface area contributed by atoms with E-state index in [2.05, 4.69) is 6.92 Å². The van der Waals surface area contributed by atoms with Crippen LogP contribution in [0.1, 0.15) is 44.2 Å². The molecule has 0 unspecified atom stereocenters. The van der Waals surface area contributed by atoms with E-state index in [0.717, 1.165) is 12.8 Å². The number of hydrogen-bond donors (Lipinski definition) is 0. The highest BCUT2D eigenvalue weighted by atomic mass is 19.2. The minimum absolute atomic E-state index is 0.263. The summed E-state index contributed by atoms with van der Waals surface area (Å²) < 4.78 is 43.5. The van der Waals surface area contributed by atoms with Crippen molar-refractivity contribution in [3.8, 4) is 11.1 Å². The van der Waals surface area contributed by atoms with Crippen LogP contribution in [-0.4, -0.2) is 0 Å². The molecule has 0 nitrogen and oxygen atoms in total. The first-order valence-corrected chi connectivity index (χ1v) is 9.25. The third-order valence-corrected chi connectivity index (χ3v) is 4.91. The van der Waals surface area contributed by atoms with Crippen molar-refractivity contribution >= 4 is 10.8 Å². The lowest BCUT2D eigenvalue weighted by atomic mass is 9.96. The molecule has 136 valence electrons. The first-order valence-electron chi connectivity index (χ1n) is 9.25. The standard InChI is InChI=1S/C23H23F3/c1-3-5-6-7-15-8-10-17(11-9-15)19-13-12-18-14-16(4-2)21(24)23(26)20(18)22(19)25/h8-14H,3-7H2,1-2H3. The molecule has 0 aliphatic rings. The lowest BCUT2D eigenvalue weighted by Crippen LogP contribution is -1.98. The molecule has 0 atom stereocenters. The van der Waals surface area contributed by atoms with E-state index in [-0.39, 0.29) is 10.9 Å². The molecule has 0 aliphatic carbocycles. The maximum atomic E-state index is 15.0. The van der Waals surface area contributed by atoms with Gasteiger partial charge in [0.05, 0.1) is 5.39 Å². The van der Waals surface area contributed by atoms with E-state index in [4.69, 9.17) is 0 Å². The van der Waals surface area contributed by atoms with E-state index in [1.807, 2.05) is 24.3 Å². The molecular weight excluding hydrogens is 333 g/mol. The highest BCUT2D eigenvalue weighted by molar-refractivity contribution is 5.89. The maximum absolute atomic E-state index is 15.0. The van der Waals surface area contributed by atoms with Gasteiger partial charge in [-0.15, -0.1) is 0 Å². The second-order valence-electron chi connectivity index (χ2n) is 6.70. The zero-order valence-corrected chi connectivity index (χ0v) is 15.2. The average Bonchev–Trinajstić information content (AvgIpc) is 2.65. The first-order chi connectivity index (χ1) is 12.6. The van der Waals surface area contributed by atoms with Crippen molar-refractivity contribution in [2.45, 2.75) is 46.0 Å². The van der Waals surface area contributed by atoms with Crippen LogP contribution in [-0.2, 0) is 12.8 Å². The van der Waals surface area contributed by atoms with E-state index in [9.17, 15) is 13.2 Å². The van der Waals surface area contributed by atoms with Crippen molar-refractivity contribution in [3.63, 3.8) is 0 Å². The van der Waals surface area contributed by atoms with Crippen molar-refractivity contribution in [1.82, 2.24) is 0 Å². The van der Waals surface area contributed by atoms with E-state index in [1.165, 1.54) is 24.5 Å². The summed E-state index contributed by atoms with van der Waals surface area (Å²) in [5, 5.41) is 0.113. The quantitative estimate of drug-likeness (QED) is 0.409. The molecule has 3 aromatic rings. The molecule has 0 amide bonds. The van der Waals surface area contributed by atoms with Gasteiger partial charge in [0.1, 0.15) is 5.82 Å². The zero-order valence-electron chi connectivity index (χ0n) is 15.2. The second kappa shape index (κ2) is 7.94. The van der Waals surface area contributed by atoms with Gasteiger partial charge in [-0.1, -0.05) is 63.1 Å². The Hall–Kier alpha value is -2.29. The van der Waals surface area contributed by atoms with E-state index in [0.29, 0.717) is 22.9 Å². The molecule has 0 spiro atoms. The third-order valence-electron chi connectivity index (χ3n) is 4.91. The number of unbranched alkanes of at least 4 members (excludes halogenated alkanes) is 2. The molecule has 0 saturated heterocycles. The Kier molecular flexibility index (Phi) is 5.65. The van der Waals surface area contributed by atoms with Gasteiger partial charge in [0.15, 0.2) is 11.6 Å². The minimum atomic E-state index is -1.10. The summed E-state index contributed by atoms with van der Waals surface area (Å²) in [6.07, 6.45) is 4.84. The summed E-state index contributed by atoms with van der Waals surface area (Å²) in [5.74, 6) is -2.77. The van der Waals surface area contributed by atoms with Gasteiger partial charge in [0.2, 0.25) is 0 Å². The predicted octanol–water partition coefficient (Wildman–Crippen LogP) is 7.22. The Bertz CT molecular complexity index is 911. The monoisotopic (exact) mass is 356 g/mol. The number of halogens is 3. The molecule has 0 N–H and O–H groups in total. The van der Waals surface area contributed by atoms with Gasteiger partial charge in [-0.3, -0.25) is 0 Å². The summed E-state index contributed by atoms with van der Waals surface area (Å²) in [5.41, 5.74) is 2.43. The van der Waals surface area contributed by atoms with Gasteiger partial charge in [0.25, 0.3) is 0 Å². The number of benzene rings is 3. The molecule has 0 radical (unpaired) electrons. The van der Waals surface area contributed by atoms with Crippen LogP contribution < -0.4 is 0 Å². The van der Waals surface area contributed by atoms with Gasteiger partial charge in [-0.25, -0.2) is 13.2 Å². The fraction of sp³-hybridized carbons (Fsp3) is 0.304. The number of aryl methyl sites for hydroxylation is 2. The summed E-state index contributed by atoms with van der Waals surface area (Å²) in [7, 11) is 0. The first kappa shape index (κ1) is 18.5. The van der Waals surface area contributed by atoms with Crippen LogP contribution in [0, 0.1) is 17.5 Å². The van der Waals surface area contributed by atoms with Crippen LogP contribution in [0.4, 0.5) is 13.2 Å². The van der Waals surface area contributed by atoms with E-state index in [1.54, 1.807) is 19.1 Å². The minimum Gasteiger partial charge on any atom is -0.206 e. The van der Waals surface area contributed by atoms with Crippen LogP contribution in [0.3, 0.4) is 0 Å². The van der Waals surface area contributed by atoms with Gasteiger partial charge >= 0.3 is 0 Å². The normalized spacial score (nSPS) is 11.3.